The first-order valence-electron chi connectivity index (χ1n) is 7.44. The van der Waals surface area contributed by atoms with Crippen molar-refractivity contribution in [1.29, 1.82) is 0 Å². The van der Waals surface area contributed by atoms with Crippen LogP contribution in [0.2, 0.25) is 0 Å². The standard InChI is InChI=1S/C15H23N3O3S/c1-12-3-5-14(6-4-12)22(20,21)18-9-7-13(8-10-18)17-15(19)11-16-2/h3-6,13,16H,7-11H2,1-2H3,(H,17,19). The van der Waals surface area contributed by atoms with Crippen LogP contribution in [-0.2, 0) is 14.8 Å². The molecule has 122 valence electrons. The van der Waals surface area contributed by atoms with Gasteiger partial charge in [0.05, 0.1) is 11.4 Å². The van der Waals surface area contributed by atoms with Gasteiger partial charge < -0.3 is 10.6 Å². The van der Waals surface area contributed by atoms with E-state index in [1.54, 1.807) is 31.3 Å². The molecule has 0 aromatic heterocycles. The Morgan fingerprint density at radius 2 is 1.82 bits per heavy atom. The first-order valence-corrected chi connectivity index (χ1v) is 8.88. The lowest BCUT2D eigenvalue weighted by Crippen LogP contribution is -2.47. The predicted molar refractivity (Wildman–Crippen MR) is 85.0 cm³/mol. The number of nitrogens with one attached hydrogen (secondary N) is 2. The molecule has 1 saturated heterocycles. The maximum atomic E-state index is 12.6. The summed E-state index contributed by atoms with van der Waals surface area (Å²) in [6.45, 7) is 3.07. The van der Waals surface area contributed by atoms with E-state index in [2.05, 4.69) is 10.6 Å². The van der Waals surface area contributed by atoms with Crippen molar-refractivity contribution in [2.24, 2.45) is 0 Å². The molecule has 0 unspecified atom stereocenters. The smallest absolute Gasteiger partial charge is 0.243 e. The highest BCUT2D eigenvalue weighted by molar-refractivity contribution is 7.89. The quantitative estimate of drug-likeness (QED) is 0.825. The zero-order chi connectivity index (χ0) is 16.2. The highest BCUT2D eigenvalue weighted by Gasteiger charge is 2.29. The molecule has 0 spiro atoms. The Morgan fingerprint density at radius 3 is 2.36 bits per heavy atom. The molecular formula is C15H23N3O3S. The number of benzene rings is 1. The molecule has 0 aliphatic carbocycles. The number of likely N-dealkylation sites (N-methyl/N-ethyl adjacent to an activating group) is 1. The van der Waals surface area contributed by atoms with Crippen molar-refractivity contribution < 1.29 is 13.2 Å². The maximum Gasteiger partial charge on any atom is 0.243 e. The monoisotopic (exact) mass is 325 g/mol. The van der Waals surface area contributed by atoms with Crippen LogP contribution in [0.4, 0.5) is 0 Å². The van der Waals surface area contributed by atoms with Gasteiger partial charge in [-0.3, -0.25) is 4.79 Å². The van der Waals surface area contributed by atoms with E-state index in [0.717, 1.165) is 5.56 Å². The molecule has 1 aromatic rings. The molecule has 0 bridgehead atoms. The number of sulfonamides is 1. The topological polar surface area (TPSA) is 78.5 Å². The van der Waals surface area contributed by atoms with Crippen LogP contribution >= 0.6 is 0 Å². The molecular weight excluding hydrogens is 302 g/mol. The summed E-state index contributed by atoms with van der Waals surface area (Å²) in [6, 6.07) is 6.94. The molecule has 7 heteroatoms. The summed E-state index contributed by atoms with van der Waals surface area (Å²) in [6.07, 6.45) is 1.28. The van der Waals surface area contributed by atoms with Crippen LogP contribution in [0.15, 0.2) is 29.2 Å². The molecule has 1 aromatic carbocycles. The van der Waals surface area contributed by atoms with E-state index in [-0.39, 0.29) is 18.5 Å². The minimum Gasteiger partial charge on any atom is -0.352 e. The van der Waals surface area contributed by atoms with Gasteiger partial charge in [-0.05, 0) is 38.9 Å². The van der Waals surface area contributed by atoms with Crippen LogP contribution < -0.4 is 10.6 Å². The second-order valence-electron chi connectivity index (χ2n) is 5.59. The minimum atomic E-state index is -3.43. The fourth-order valence-electron chi connectivity index (χ4n) is 2.54. The first kappa shape index (κ1) is 16.9. The van der Waals surface area contributed by atoms with Crippen molar-refractivity contribution in [3.63, 3.8) is 0 Å². The minimum absolute atomic E-state index is 0.0466. The molecule has 0 atom stereocenters. The van der Waals surface area contributed by atoms with E-state index >= 15 is 0 Å². The summed E-state index contributed by atoms with van der Waals surface area (Å²) in [7, 11) is -1.71. The molecule has 1 amide bonds. The number of amides is 1. The number of carbonyl (C=O) groups excluding carboxylic acids is 1. The number of rotatable bonds is 5. The van der Waals surface area contributed by atoms with E-state index < -0.39 is 10.0 Å². The summed E-state index contributed by atoms with van der Waals surface area (Å²) in [5.74, 6) is -0.0534. The lowest BCUT2D eigenvalue weighted by Gasteiger charge is -2.31. The Labute approximate surface area is 131 Å². The average Bonchev–Trinajstić information content (AvgIpc) is 2.48. The van der Waals surface area contributed by atoms with Gasteiger partial charge in [-0.15, -0.1) is 0 Å². The van der Waals surface area contributed by atoms with Gasteiger partial charge in [0.1, 0.15) is 0 Å². The van der Waals surface area contributed by atoms with Crippen LogP contribution in [0.5, 0.6) is 0 Å². The summed E-state index contributed by atoms with van der Waals surface area (Å²) in [5, 5.41) is 5.71. The van der Waals surface area contributed by atoms with Crippen LogP contribution in [0.1, 0.15) is 18.4 Å². The molecule has 0 saturated carbocycles. The largest absolute Gasteiger partial charge is 0.352 e. The Balaban J connectivity index is 1.96. The van der Waals surface area contributed by atoms with Gasteiger partial charge in [0, 0.05) is 19.1 Å². The van der Waals surface area contributed by atoms with E-state index in [1.165, 1.54) is 4.31 Å². The summed E-state index contributed by atoms with van der Waals surface area (Å²) in [5.41, 5.74) is 1.03. The van der Waals surface area contributed by atoms with Crippen molar-refractivity contribution >= 4 is 15.9 Å². The van der Waals surface area contributed by atoms with Crippen LogP contribution in [0, 0.1) is 6.92 Å². The number of nitrogens with zero attached hydrogens (tertiary/aromatic N) is 1. The fraction of sp³-hybridized carbons (Fsp3) is 0.533. The number of hydrogen-bond acceptors (Lipinski definition) is 4. The summed E-state index contributed by atoms with van der Waals surface area (Å²) in [4.78, 5) is 11.9. The normalized spacial score (nSPS) is 17.4. The van der Waals surface area contributed by atoms with E-state index in [9.17, 15) is 13.2 Å². The lowest BCUT2D eigenvalue weighted by atomic mass is 10.1. The fourth-order valence-corrected chi connectivity index (χ4v) is 4.01. The zero-order valence-corrected chi connectivity index (χ0v) is 13.8. The molecule has 2 rings (SSSR count). The highest BCUT2D eigenvalue weighted by Crippen LogP contribution is 2.21. The van der Waals surface area contributed by atoms with E-state index in [0.29, 0.717) is 30.8 Å². The maximum absolute atomic E-state index is 12.6. The Hall–Kier alpha value is -1.44. The van der Waals surface area contributed by atoms with Crippen molar-refractivity contribution in [3.05, 3.63) is 29.8 Å². The van der Waals surface area contributed by atoms with Crippen molar-refractivity contribution in [3.8, 4) is 0 Å². The van der Waals surface area contributed by atoms with Crippen molar-refractivity contribution in [1.82, 2.24) is 14.9 Å². The third-order valence-electron chi connectivity index (χ3n) is 3.82. The zero-order valence-electron chi connectivity index (χ0n) is 13.0. The molecule has 1 heterocycles. The number of carbonyl (C=O) groups is 1. The van der Waals surface area contributed by atoms with Gasteiger partial charge in [-0.1, -0.05) is 17.7 Å². The second kappa shape index (κ2) is 7.21. The molecule has 1 aliphatic rings. The Kier molecular flexibility index (Phi) is 5.55. The third kappa shape index (κ3) is 4.06. The molecule has 22 heavy (non-hydrogen) atoms. The van der Waals surface area contributed by atoms with E-state index in [4.69, 9.17) is 0 Å². The number of piperidine rings is 1. The van der Waals surface area contributed by atoms with Gasteiger partial charge >= 0.3 is 0 Å². The Bertz CT molecular complexity index is 605. The average molecular weight is 325 g/mol. The van der Waals surface area contributed by atoms with Crippen LogP contribution in [0.25, 0.3) is 0 Å². The van der Waals surface area contributed by atoms with Crippen LogP contribution in [-0.4, -0.2) is 51.4 Å². The van der Waals surface area contributed by atoms with Gasteiger partial charge in [-0.2, -0.15) is 4.31 Å². The molecule has 1 fully saturated rings. The van der Waals surface area contributed by atoms with Crippen molar-refractivity contribution in [2.75, 3.05) is 26.7 Å². The van der Waals surface area contributed by atoms with Gasteiger partial charge in [0.15, 0.2) is 0 Å². The SMILES string of the molecule is CNCC(=O)NC1CCN(S(=O)(=O)c2ccc(C)cc2)CC1. The molecule has 6 nitrogen and oxygen atoms in total. The van der Waals surface area contributed by atoms with Gasteiger partial charge in [-0.25, -0.2) is 8.42 Å². The van der Waals surface area contributed by atoms with Crippen molar-refractivity contribution in [2.45, 2.75) is 30.7 Å². The van der Waals surface area contributed by atoms with Gasteiger partial charge in [0.2, 0.25) is 15.9 Å². The first-order chi connectivity index (χ1) is 10.4. The lowest BCUT2D eigenvalue weighted by molar-refractivity contribution is -0.121. The highest BCUT2D eigenvalue weighted by atomic mass is 32.2. The van der Waals surface area contributed by atoms with Crippen LogP contribution in [0.3, 0.4) is 0 Å². The Morgan fingerprint density at radius 1 is 1.23 bits per heavy atom. The third-order valence-corrected chi connectivity index (χ3v) is 5.73. The predicted octanol–water partition coefficient (Wildman–Crippen LogP) is 0.484. The summed E-state index contributed by atoms with van der Waals surface area (Å²) < 4.78 is 26.6. The van der Waals surface area contributed by atoms with E-state index in [1.807, 2.05) is 6.92 Å². The van der Waals surface area contributed by atoms with Gasteiger partial charge in [0.25, 0.3) is 0 Å². The molecule has 2 N–H and O–H groups in total. The second-order valence-corrected chi connectivity index (χ2v) is 7.53. The molecule has 1 aliphatic heterocycles. The molecule has 0 radical (unpaired) electrons. The number of hydrogen-bond donors (Lipinski definition) is 2. The summed E-state index contributed by atoms with van der Waals surface area (Å²) >= 11 is 0. The number of aryl methyl sites for hydroxylation is 1.